The van der Waals surface area contributed by atoms with Crippen molar-refractivity contribution in [3.63, 3.8) is 0 Å². The molecule has 2 aromatic rings. The minimum atomic E-state index is -0.517. The van der Waals surface area contributed by atoms with Crippen LogP contribution < -0.4 is 20.1 Å². The maximum atomic E-state index is 12.6. The van der Waals surface area contributed by atoms with Gasteiger partial charge in [-0.05, 0) is 45.9 Å². The predicted molar refractivity (Wildman–Crippen MR) is 110 cm³/mol. The van der Waals surface area contributed by atoms with E-state index >= 15 is 0 Å². The molecule has 28 heavy (non-hydrogen) atoms. The fourth-order valence-electron chi connectivity index (χ4n) is 3.19. The third-order valence-electron chi connectivity index (χ3n) is 4.60. The number of anilines is 2. The first-order chi connectivity index (χ1) is 13.4. The van der Waals surface area contributed by atoms with Gasteiger partial charge in [0.1, 0.15) is 23.6 Å². The van der Waals surface area contributed by atoms with E-state index in [0.717, 1.165) is 23.4 Å². The zero-order chi connectivity index (χ0) is 20.3. The van der Waals surface area contributed by atoms with Crippen LogP contribution in [0.3, 0.4) is 0 Å². The van der Waals surface area contributed by atoms with E-state index in [1.165, 1.54) is 6.92 Å². The molecule has 3 rings (SSSR count). The van der Waals surface area contributed by atoms with Gasteiger partial charge < -0.3 is 20.1 Å². The maximum absolute atomic E-state index is 12.6. The monoisotopic (exact) mass is 382 g/mol. The number of carbonyl (C=O) groups excluding carboxylic acids is 2. The lowest BCUT2D eigenvalue weighted by Crippen LogP contribution is -2.32. The summed E-state index contributed by atoms with van der Waals surface area (Å²) in [5, 5.41) is 6.06. The van der Waals surface area contributed by atoms with Crippen LogP contribution in [-0.4, -0.2) is 30.4 Å². The van der Waals surface area contributed by atoms with Crippen LogP contribution >= 0.6 is 0 Å². The lowest BCUT2D eigenvalue weighted by molar-refractivity contribution is -0.116. The number of carbonyl (C=O) groups is 2. The summed E-state index contributed by atoms with van der Waals surface area (Å²) in [5.41, 5.74) is 2.97. The summed E-state index contributed by atoms with van der Waals surface area (Å²) in [6.07, 6.45) is 0.979. The zero-order valence-corrected chi connectivity index (χ0v) is 16.7. The third kappa shape index (κ3) is 4.44. The van der Waals surface area contributed by atoms with Gasteiger partial charge in [0.05, 0.1) is 12.3 Å². The molecule has 1 aliphatic heterocycles. The van der Waals surface area contributed by atoms with Gasteiger partial charge in [-0.25, -0.2) is 0 Å². The van der Waals surface area contributed by atoms with Crippen LogP contribution in [0.25, 0.3) is 0 Å². The van der Waals surface area contributed by atoms with Gasteiger partial charge >= 0.3 is 0 Å². The number of Topliss-reactive ketones (excluding diaryl/α,β-unsaturated/α-hetero) is 1. The molecule has 1 heterocycles. The van der Waals surface area contributed by atoms with E-state index in [9.17, 15) is 9.59 Å². The number of benzene rings is 2. The van der Waals surface area contributed by atoms with Gasteiger partial charge in [0.2, 0.25) is 5.91 Å². The largest absolute Gasteiger partial charge is 0.492 e. The molecule has 2 atom stereocenters. The summed E-state index contributed by atoms with van der Waals surface area (Å²) in [5.74, 6) is 1.27. The fraction of sp³-hybridized carbons (Fsp3) is 0.364. The van der Waals surface area contributed by atoms with Crippen LogP contribution in [0.5, 0.6) is 11.5 Å². The van der Waals surface area contributed by atoms with E-state index in [-0.39, 0.29) is 17.8 Å². The predicted octanol–water partition coefficient (Wildman–Crippen LogP) is 4.05. The molecule has 0 aliphatic carbocycles. The Bertz CT molecular complexity index is 894. The van der Waals surface area contributed by atoms with E-state index in [1.54, 1.807) is 31.2 Å². The van der Waals surface area contributed by atoms with Crippen LogP contribution in [0.2, 0.25) is 0 Å². The molecular formula is C22H26N2O4. The number of amides is 1. The second-order valence-corrected chi connectivity index (χ2v) is 7.01. The summed E-state index contributed by atoms with van der Waals surface area (Å²) in [4.78, 5) is 24.1. The number of fused-ring (bicyclic) bond motifs is 1. The minimum Gasteiger partial charge on any atom is -0.492 e. The van der Waals surface area contributed by atoms with Crippen molar-refractivity contribution >= 4 is 23.1 Å². The first kappa shape index (κ1) is 19.7. The molecule has 148 valence electrons. The highest BCUT2D eigenvalue weighted by molar-refractivity contribution is 5.99. The van der Waals surface area contributed by atoms with Gasteiger partial charge in [-0.2, -0.15) is 0 Å². The molecule has 0 spiro atoms. The Morgan fingerprint density at radius 3 is 2.79 bits per heavy atom. The number of hydrogen-bond acceptors (Lipinski definition) is 5. The van der Waals surface area contributed by atoms with E-state index in [1.807, 2.05) is 26.0 Å². The van der Waals surface area contributed by atoms with Crippen molar-refractivity contribution in [1.29, 1.82) is 0 Å². The van der Waals surface area contributed by atoms with Crippen molar-refractivity contribution in [2.24, 2.45) is 0 Å². The van der Waals surface area contributed by atoms with Gasteiger partial charge in [-0.15, -0.1) is 0 Å². The van der Waals surface area contributed by atoms with Crippen molar-refractivity contribution < 1.29 is 19.1 Å². The molecule has 0 saturated carbocycles. The van der Waals surface area contributed by atoms with Gasteiger partial charge in [-0.3, -0.25) is 9.59 Å². The highest BCUT2D eigenvalue weighted by Crippen LogP contribution is 2.38. The van der Waals surface area contributed by atoms with E-state index in [0.29, 0.717) is 23.6 Å². The number of nitrogens with one attached hydrogen (secondary N) is 2. The molecule has 0 bridgehead atoms. The first-order valence-electron chi connectivity index (χ1n) is 9.52. The minimum absolute atomic E-state index is 0.0454. The molecule has 1 aliphatic rings. The van der Waals surface area contributed by atoms with Crippen molar-refractivity contribution in [3.05, 3.63) is 47.5 Å². The lowest BCUT2D eigenvalue weighted by atomic mass is 10.1. The van der Waals surface area contributed by atoms with Crippen LogP contribution in [0.15, 0.2) is 36.4 Å². The van der Waals surface area contributed by atoms with E-state index in [4.69, 9.17) is 9.47 Å². The Morgan fingerprint density at radius 2 is 2.07 bits per heavy atom. The standard InChI is InChI=1S/C22H26N2O4/c1-5-27-21-11-17-9-13(2)28-20(17)12-19(21)23-14(3)22(26)24-18-8-6-7-16(10-18)15(4)25/h6-8,10-14,23H,5,9H2,1-4H3,(H,24,26)/t13-,14-/m1/s1. The SMILES string of the molecule is CCOc1cc2c(cc1N[C@H](C)C(=O)Nc1cccc(C(C)=O)c1)O[C@H](C)C2. The molecule has 2 N–H and O–H groups in total. The lowest BCUT2D eigenvalue weighted by Gasteiger charge is -2.19. The van der Waals surface area contributed by atoms with Crippen LogP contribution in [0, 0.1) is 0 Å². The first-order valence-corrected chi connectivity index (χ1v) is 9.52. The third-order valence-corrected chi connectivity index (χ3v) is 4.60. The second kappa shape index (κ2) is 8.33. The summed E-state index contributed by atoms with van der Waals surface area (Å²) in [7, 11) is 0. The average Bonchev–Trinajstić information content (AvgIpc) is 3.01. The van der Waals surface area contributed by atoms with Gasteiger partial charge in [0, 0.05) is 29.3 Å². The molecule has 0 saturated heterocycles. The molecule has 6 nitrogen and oxygen atoms in total. The average molecular weight is 382 g/mol. The molecule has 0 fully saturated rings. The van der Waals surface area contributed by atoms with E-state index in [2.05, 4.69) is 10.6 Å². The van der Waals surface area contributed by atoms with Crippen molar-refractivity contribution in [2.45, 2.75) is 46.3 Å². The van der Waals surface area contributed by atoms with Crippen LogP contribution in [0.1, 0.15) is 43.6 Å². The Balaban J connectivity index is 1.74. The normalized spacial score (nSPS) is 15.9. The van der Waals surface area contributed by atoms with Gasteiger partial charge in [0.25, 0.3) is 0 Å². The quantitative estimate of drug-likeness (QED) is 0.707. The maximum Gasteiger partial charge on any atom is 0.246 e. The molecule has 0 radical (unpaired) electrons. The number of rotatable bonds is 7. The Labute approximate surface area is 165 Å². The van der Waals surface area contributed by atoms with Gasteiger partial charge in [0.15, 0.2) is 5.78 Å². The Hall–Kier alpha value is -3.02. The Morgan fingerprint density at radius 1 is 1.29 bits per heavy atom. The number of ether oxygens (including phenoxy) is 2. The summed E-state index contributed by atoms with van der Waals surface area (Å²) in [6.45, 7) is 7.75. The molecule has 0 unspecified atom stereocenters. The topological polar surface area (TPSA) is 76.7 Å². The molecule has 2 aromatic carbocycles. The van der Waals surface area contributed by atoms with Gasteiger partial charge in [-0.1, -0.05) is 12.1 Å². The molecule has 1 amide bonds. The van der Waals surface area contributed by atoms with Crippen LogP contribution in [-0.2, 0) is 11.2 Å². The van der Waals surface area contributed by atoms with Crippen molar-refractivity contribution in [2.75, 3.05) is 17.2 Å². The highest BCUT2D eigenvalue weighted by atomic mass is 16.5. The summed E-state index contributed by atoms with van der Waals surface area (Å²) >= 11 is 0. The number of ketones is 1. The Kier molecular flexibility index (Phi) is 5.87. The molecular weight excluding hydrogens is 356 g/mol. The second-order valence-electron chi connectivity index (χ2n) is 7.01. The summed E-state index contributed by atoms with van der Waals surface area (Å²) in [6, 6.07) is 10.2. The molecule has 0 aromatic heterocycles. The summed E-state index contributed by atoms with van der Waals surface area (Å²) < 4.78 is 11.6. The fourth-order valence-corrected chi connectivity index (χ4v) is 3.19. The van der Waals surface area contributed by atoms with Crippen molar-refractivity contribution in [1.82, 2.24) is 0 Å². The van der Waals surface area contributed by atoms with Crippen LogP contribution in [0.4, 0.5) is 11.4 Å². The zero-order valence-electron chi connectivity index (χ0n) is 16.7. The highest BCUT2D eigenvalue weighted by Gasteiger charge is 2.23. The van der Waals surface area contributed by atoms with Crippen molar-refractivity contribution in [3.8, 4) is 11.5 Å². The smallest absolute Gasteiger partial charge is 0.246 e. The van der Waals surface area contributed by atoms with E-state index < -0.39 is 6.04 Å². The number of hydrogen-bond donors (Lipinski definition) is 2. The molecule has 6 heteroatoms.